The van der Waals surface area contributed by atoms with Crippen LogP contribution >= 0.6 is 0 Å². The summed E-state index contributed by atoms with van der Waals surface area (Å²) in [6.45, 7) is 2.04. The van der Waals surface area contributed by atoms with Gasteiger partial charge in [0.05, 0.1) is 11.3 Å². The van der Waals surface area contributed by atoms with E-state index in [4.69, 9.17) is 9.15 Å². The van der Waals surface area contributed by atoms with Crippen molar-refractivity contribution in [2.24, 2.45) is 5.10 Å². The number of aryl methyl sites for hydroxylation is 2. The van der Waals surface area contributed by atoms with Crippen molar-refractivity contribution < 1.29 is 22.7 Å². The summed E-state index contributed by atoms with van der Waals surface area (Å²) in [7, 11) is 0. The number of hydrazone groups is 1. The maximum absolute atomic E-state index is 12.9. The largest absolute Gasteiger partial charge is 0.466 e. The van der Waals surface area contributed by atoms with Gasteiger partial charge in [0.1, 0.15) is 17.3 Å². The summed E-state index contributed by atoms with van der Waals surface area (Å²) in [6, 6.07) is 12.1. The van der Waals surface area contributed by atoms with Gasteiger partial charge in [-0.15, -0.1) is 0 Å². The maximum Gasteiger partial charge on any atom is 0.387 e. The standard InChI is InChI=1S/C20H18F2N2O3/c1-11-10-17(13(3)26-11)19(25)24-23-12(2)15-9-8-14-6-4-5-7-16(14)18(15)27-20(21)22/h4-10,20H,1-3H3,(H,24,25)/b23-12+. The summed E-state index contributed by atoms with van der Waals surface area (Å²) in [5.41, 5.74) is 3.50. The van der Waals surface area contributed by atoms with Crippen LogP contribution in [-0.2, 0) is 0 Å². The van der Waals surface area contributed by atoms with Crippen molar-refractivity contribution in [1.29, 1.82) is 0 Å². The molecule has 0 fully saturated rings. The van der Waals surface area contributed by atoms with Gasteiger partial charge < -0.3 is 9.15 Å². The Kier molecular flexibility index (Phi) is 5.21. The molecule has 7 heteroatoms. The molecule has 1 amide bonds. The molecule has 0 saturated carbocycles. The minimum atomic E-state index is -2.98. The van der Waals surface area contributed by atoms with Crippen molar-refractivity contribution in [2.45, 2.75) is 27.4 Å². The summed E-state index contributed by atoms with van der Waals surface area (Å²) >= 11 is 0. The summed E-state index contributed by atoms with van der Waals surface area (Å²) in [5, 5.41) is 5.35. The van der Waals surface area contributed by atoms with E-state index in [0.717, 1.165) is 5.39 Å². The van der Waals surface area contributed by atoms with Gasteiger partial charge in [-0.05, 0) is 38.3 Å². The van der Waals surface area contributed by atoms with Crippen molar-refractivity contribution in [2.75, 3.05) is 0 Å². The Morgan fingerprint density at radius 3 is 2.56 bits per heavy atom. The maximum atomic E-state index is 12.9. The van der Waals surface area contributed by atoms with Crippen LogP contribution in [0.15, 0.2) is 52.0 Å². The zero-order chi connectivity index (χ0) is 19.6. The normalized spacial score (nSPS) is 11.9. The molecule has 0 aliphatic carbocycles. The second-order valence-corrected chi connectivity index (χ2v) is 6.01. The molecule has 3 rings (SSSR count). The van der Waals surface area contributed by atoms with E-state index in [1.807, 2.05) is 6.07 Å². The van der Waals surface area contributed by atoms with Gasteiger partial charge in [0, 0.05) is 10.9 Å². The number of hydrogen-bond acceptors (Lipinski definition) is 4. The lowest BCUT2D eigenvalue weighted by Gasteiger charge is -2.13. The molecule has 0 aliphatic rings. The van der Waals surface area contributed by atoms with E-state index in [0.29, 0.717) is 33.7 Å². The minimum Gasteiger partial charge on any atom is -0.466 e. The first-order valence-electron chi connectivity index (χ1n) is 8.25. The molecule has 0 unspecified atom stereocenters. The zero-order valence-corrected chi connectivity index (χ0v) is 15.0. The fourth-order valence-corrected chi connectivity index (χ4v) is 2.86. The molecular formula is C20H18F2N2O3. The van der Waals surface area contributed by atoms with E-state index < -0.39 is 12.5 Å². The van der Waals surface area contributed by atoms with Crippen molar-refractivity contribution in [3.63, 3.8) is 0 Å². The fraction of sp³-hybridized carbons (Fsp3) is 0.200. The van der Waals surface area contributed by atoms with Crippen LogP contribution in [0.5, 0.6) is 5.75 Å². The highest BCUT2D eigenvalue weighted by atomic mass is 19.3. The topological polar surface area (TPSA) is 63.8 Å². The second-order valence-electron chi connectivity index (χ2n) is 6.01. The van der Waals surface area contributed by atoms with Crippen molar-refractivity contribution >= 4 is 22.4 Å². The van der Waals surface area contributed by atoms with E-state index in [2.05, 4.69) is 10.5 Å². The van der Waals surface area contributed by atoms with Crippen molar-refractivity contribution in [3.8, 4) is 5.75 Å². The van der Waals surface area contributed by atoms with Crippen molar-refractivity contribution in [3.05, 3.63) is 65.1 Å². The van der Waals surface area contributed by atoms with Crippen LogP contribution < -0.4 is 10.2 Å². The number of fused-ring (bicyclic) bond motifs is 1. The van der Waals surface area contributed by atoms with E-state index >= 15 is 0 Å². The Bertz CT molecular complexity index is 1030. The lowest BCUT2D eigenvalue weighted by molar-refractivity contribution is -0.0489. The van der Waals surface area contributed by atoms with Crippen LogP contribution in [0, 0.1) is 13.8 Å². The van der Waals surface area contributed by atoms with Crippen molar-refractivity contribution in [1.82, 2.24) is 5.43 Å². The first-order valence-corrected chi connectivity index (χ1v) is 8.25. The number of carbonyl (C=O) groups excluding carboxylic acids is 1. The number of amides is 1. The summed E-state index contributed by atoms with van der Waals surface area (Å²) in [4.78, 5) is 12.3. The molecule has 0 radical (unpaired) electrons. The summed E-state index contributed by atoms with van der Waals surface area (Å²) in [6.07, 6.45) is 0. The highest BCUT2D eigenvalue weighted by Gasteiger charge is 2.17. The van der Waals surface area contributed by atoms with E-state index in [1.54, 1.807) is 57.2 Å². The lowest BCUT2D eigenvalue weighted by Crippen LogP contribution is -2.20. The fourth-order valence-electron chi connectivity index (χ4n) is 2.86. The van der Waals surface area contributed by atoms with Crippen LogP contribution in [0.3, 0.4) is 0 Å². The van der Waals surface area contributed by atoms with Crippen LogP contribution in [-0.4, -0.2) is 18.2 Å². The third-order valence-corrected chi connectivity index (χ3v) is 4.09. The highest BCUT2D eigenvalue weighted by molar-refractivity contribution is 6.07. The van der Waals surface area contributed by atoms with Crippen LogP contribution in [0.4, 0.5) is 8.78 Å². The van der Waals surface area contributed by atoms with Gasteiger partial charge in [0.25, 0.3) is 5.91 Å². The van der Waals surface area contributed by atoms with Gasteiger partial charge in [-0.1, -0.05) is 30.3 Å². The molecule has 1 N–H and O–H groups in total. The molecule has 2 aromatic carbocycles. The summed E-state index contributed by atoms with van der Waals surface area (Å²) < 4.78 is 35.9. The molecule has 5 nitrogen and oxygen atoms in total. The number of rotatable bonds is 5. The SMILES string of the molecule is C/C(=N\NC(=O)c1cc(C)oc1C)c1ccc2ccccc2c1OC(F)F. The van der Waals surface area contributed by atoms with Gasteiger partial charge in [0.2, 0.25) is 0 Å². The van der Waals surface area contributed by atoms with E-state index in [9.17, 15) is 13.6 Å². The highest BCUT2D eigenvalue weighted by Crippen LogP contribution is 2.31. The lowest BCUT2D eigenvalue weighted by atomic mass is 10.0. The van der Waals surface area contributed by atoms with Gasteiger partial charge in [0.15, 0.2) is 0 Å². The Balaban J connectivity index is 1.94. The molecule has 0 atom stereocenters. The Morgan fingerprint density at radius 1 is 1.15 bits per heavy atom. The van der Waals surface area contributed by atoms with E-state index in [1.165, 1.54) is 0 Å². The quantitative estimate of drug-likeness (QED) is 0.517. The molecule has 1 aromatic heterocycles. The molecule has 1 heterocycles. The molecule has 0 spiro atoms. The number of carbonyl (C=O) groups is 1. The molecule has 27 heavy (non-hydrogen) atoms. The molecule has 0 saturated heterocycles. The predicted octanol–water partition coefficient (Wildman–Crippen LogP) is 4.81. The number of nitrogens with one attached hydrogen (secondary N) is 1. The molecule has 0 aliphatic heterocycles. The van der Waals surface area contributed by atoms with Gasteiger partial charge in [-0.25, -0.2) is 5.43 Å². The van der Waals surface area contributed by atoms with Crippen LogP contribution in [0.2, 0.25) is 0 Å². The number of furan rings is 1. The average molecular weight is 372 g/mol. The molecule has 3 aromatic rings. The van der Waals surface area contributed by atoms with E-state index in [-0.39, 0.29) is 5.75 Å². The third-order valence-electron chi connectivity index (χ3n) is 4.09. The number of alkyl halides is 2. The number of nitrogens with zero attached hydrogens (tertiary/aromatic N) is 1. The number of halogens is 2. The average Bonchev–Trinajstić information content (AvgIpc) is 2.97. The Morgan fingerprint density at radius 2 is 1.89 bits per heavy atom. The molecule has 140 valence electrons. The third kappa shape index (κ3) is 3.97. The van der Waals surface area contributed by atoms with Gasteiger partial charge in [-0.2, -0.15) is 13.9 Å². The first-order chi connectivity index (χ1) is 12.9. The molecule has 0 bridgehead atoms. The minimum absolute atomic E-state index is 0.0222. The second kappa shape index (κ2) is 7.57. The first kappa shape index (κ1) is 18.6. The smallest absolute Gasteiger partial charge is 0.387 e. The Labute approximate surface area is 154 Å². The Hall–Kier alpha value is -3.22. The number of benzene rings is 2. The summed E-state index contributed by atoms with van der Waals surface area (Å²) in [5.74, 6) is 0.667. The van der Waals surface area contributed by atoms with Crippen LogP contribution in [0.25, 0.3) is 10.8 Å². The number of ether oxygens (including phenoxy) is 1. The molecular weight excluding hydrogens is 354 g/mol. The monoisotopic (exact) mass is 372 g/mol. The predicted molar refractivity (Wildman–Crippen MR) is 98.4 cm³/mol. The zero-order valence-electron chi connectivity index (χ0n) is 15.0. The van der Waals surface area contributed by atoms with Gasteiger partial charge in [-0.3, -0.25) is 4.79 Å². The van der Waals surface area contributed by atoms with Gasteiger partial charge >= 0.3 is 6.61 Å². The van der Waals surface area contributed by atoms with Crippen LogP contribution in [0.1, 0.15) is 34.4 Å². The number of hydrogen-bond donors (Lipinski definition) is 1.